The second-order valence-electron chi connectivity index (χ2n) is 6.99. The summed E-state index contributed by atoms with van der Waals surface area (Å²) >= 11 is 0. The van der Waals surface area contributed by atoms with E-state index in [4.69, 9.17) is 0 Å². The van der Waals surface area contributed by atoms with E-state index in [1.165, 1.54) is 36.5 Å². The number of phenols is 1. The Hall–Kier alpha value is -1.58. The number of benzene rings is 2. The third-order valence-electron chi connectivity index (χ3n) is 5.63. The molecule has 4 rings (SSSR count). The molecule has 0 spiro atoms. The standard InChI is InChI=1S/C20H26N2O/c23-18-10-9-15-5-3-4-8-17(15)19(18)20(16-6-1-2-7-16)22-13-11-21-12-14-22/h3-5,8-10,16,20-21,23H,1-2,6-7,11-14H2/t20-/m1/s1. The van der Waals surface area contributed by atoms with Gasteiger partial charge in [0, 0.05) is 37.8 Å². The zero-order chi connectivity index (χ0) is 15.6. The lowest BCUT2D eigenvalue weighted by molar-refractivity contribution is 0.124. The van der Waals surface area contributed by atoms with Crippen LogP contribution in [-0.2, 0) is 0 Å². The maximum Gasteiger partial charge on any atom is 0.121 e. The molecular weight excluding hydrogens is 284 g/mol. The minimum absolute atomic E-state index is 0.353. The van der Waals surface area contributed by atoms with Gasteiger partial charge >= 0.3 is 0 Å². The molecular formula is C20H26N2O. The Balaban J connectivity index is 1.83. The first kappa shape index (κ1) is 15.0. The van der Waals surface area contributed by atoms with Crippen LogP contribution in [0.1, 0.15) is 37.3 Å². The van der Waals surface area contributed by atoms with E-state index in [1.807, 2.05) is 12.1 Å². The molecule has 0 unspecified atom stereocenters. The first-order valence-corrected chi connectivity index (χ1v) is 9.00. The van der Waals surface area contributed by atoms with E-state index in [9.17, 15) is 5.11 Å². The van der Waals surface area contributed by atoms with Crippen molar-refractivity contribution in [3.8, 4) is 5.75 Å². The van der Waals surface area contributed by atoms with Gasteiger partial charge in [-0.2, -0.15) is 0 Å². The van der Waals surface area contributed by atoms with E-state index >= 15 is 0 Å². The van der Waals surface area contributed by atoms with Crippen molar-refractivity contribution in [2.24, 2.45) is 5.92 Å². The molecule has 1 aliphatic carbocycles. The largest absolute Gasteiger partial charge is 0.508 e. The van der Waals surface area contributed by atoms with E-state index in [0.717, 1.165) is 31.7 Å². The van der Waals surface area contributed by atoms with Crippen LogP contribution in [0.25, 0.3) is 10.8 Å². The van der Waals surface area contributed by atoms with Gasteiger partial charge in [-0.3, -0.25) is 4.90 Å². The van der Waals surface area contributed by atoms with Gasteiger partial charge in [0.25, 0.3) is 0 Å². The van der Waals surface area contributed by atoms with Gasteiger partial charge in [0.2, 0.25) is 0 Å². The number of piperazine rings is 1. The van der Waals surface area contributed by atoms with Crippen molar-refractivity contribution in [1.82, 2.24) is 10.2 Å². The molecule has 1 atom stereocenters. The molecule has 23 heavy (non-hydrogen) atoms. The van der Waals surface area contributed by atoms with Gasteiger partial charge in [-0.1, -0.05) is 43.2 Å². The summed E-state index contributed by atoms with van der Waals surface area (Å²) in [6.45, 7) is 4.25. The highest BCUT2D eigenvalue weighted by Crippen LogP contribution is 2.45. The first-order chi connectivity index (χ1) is 11.3. The molecule has 2 aliphatic rings. The molecule has 0 radical (unpaired) electrons. The first-order valence-electron chi connectivity index (χ1n) is 9.00. The molecule has 3 nitrogen and oxygen atoms in total. The second-order valence-corrected chi connectivity index (χ2v) is 6.99. The van der Waals surface area contributed by atoms with Gasteiger partial charge < -0.3 is 10.4 Å². The third kappa shape index (κ3) is 2.84. The molecule has 1 aliphatic heterocycles. The van der Waals surface area contributed by atoms with Crippen LogP contribution >= 0.6 is 0 Å². The van der Waals surface area contributed by atoms with Crippen LogP contribution in [0.15, 0.2) is 36.4 Å². The molecule has 0 amide bonds. The average molecular weight is 310 g/mol. The van der Waals surface area contributed by atoms with Gasteiger partial charge in [0.05, 0.1) is 0 Å². The molecule has 0 bridgehead atoms. The average Bonchev–Trinajstić information content (AvgIpc) is 3.12. The van der Waals surface area contributed by atoms with E-state index in [2.05, 4.69) is 34.5 Å². The number of nitrogens with one attached hydrogen (secondary N) is 1. The Morgan fingerprint density at radius 3 is 2.52 bits per heavy atom. The van der Waals surface area contributed by atoms with Crippen LogP contribution in [0.4, 0.5) is 0 Å². The zero-order valence-corrected chi connectivity index (χ0v) is 13.7. The number of phenolic OH excluding ortho intramolecular Hbond substituents is 1. The number of nitrogens with zero attached hydrogens (tertiary/aromatic N) is 1. The van der Waals surface area contributed by atoms with Crippen LogP contribution in [0.2, 0.25) is 0 Å². The molecule has 2 N–H and O–H groups in total. The SMILES string of the molecule is Oc1ccc2ccccc2c1[C@@H](C1CCCC1)N1CCNCC1. The maximum atomic E-state index is 10.7. The molecule has 1 saturated carbocycles. The van der Waals surface area contributed by atoms with Gasteiger partial charge in [-0.25, -0.2) is 0 Å². The summed E-state index contributed by atoms with van der Waals surface area (Å²) in [5.41, 5.74) is 1.16. The Labute approximate surface area is 138 Å². The quantitative estimate of drug-likeness (QED) is 0.908. The zero-order valence-electron chi connectivity index (χ0n) is 13.7. The monoisotopic (exact) mass is 310 g/mol. The number of rotatable bonds is 3. The topological polar surface area (TPSA) is 35.5 Å². The number of aromatic hydroxyl groups is 1. The van der Waals surface area contributed by atoms with Crippen molar-refractivity contribution in [1.29, 1.82) is 0 Å². The highest BCUT2D eigenvalue weighted by atomic mass is 16.3. The van der Waals surface area contributed by atoms with Crippen LogP contribution < -0.4 is 5.32 Å². The van der Waals surface area contributed by atoms with Crippen molar-refractivity contribution in [2.75, 3.05) is 26.2 Å². The molecule has 1 heterocycles. The summed E-state index contributed by atoms with van der Waals surface area (Å²) in [7, 11) is 0. The summed E-state index contributed by atoms with van der Waals surface area (Å²) in [6, 6.07) is 12.8. The van der Waals surface area contributed by atoms with Crippen molar-refractivity contribution in [2.45, 2.75) is 31.7 Å². The van der Waals surface area contributed by atoms with E-state index in [1.54, 1.807) is 0 Å². The molecule has 122 valence electrons. The summed E-state index contributed by atoms with van der Waals surface area (Å²) in [5.74, 6) is 1.14. The molecule has 0 aromatic heterocycles. The predicted molar refractivity (Wildman–Crippen MR) is 94.8 cm³/mol. The van der Waals surface area contributed by atoms with Gasteiger partial charge in [-0.15, -0.1) is 0 Å². The molecule has 2 aromatic rings. The highest BCUT2D eigenvalue weighted by molar-refractivity contribution is 5.88. The number of hydrogen-bond acceptors (Lipinski definition) is 3. The smallest absolute Gasteiger partial charge is 0.121 e. The van der Waals surface area contributed by atoms with E-state index in [0.29, 0.717) is 17.7 Å². The van der Waals surface area contributed by atoms with Crippen LogP contribution in [0, 0.1) is 5.92 Å². The summed E-state index contributed by atoms with van der Waals surface area (Å²) in [6.07, 6.45) is 5.24. The molecule has 2 aromatic carbocycles. The van der Waals surface area contributed by atoms with Crippen LogP contribution in [-0.4, -0.2) is 36.2 Å². The summed E-state index contributed by atoms with van der Waals surface area (Å²) < 4.78 is 0. The lowest BCUT2D eigenvalue weighted by Gasteiger charge is -2.39. The van der Waals surface area contributed by atoms with Gasteiger partial charge in [0.15, 0.2) is 0 Å². The highest BCUT2D eigenvalue weighted by Gasteiger charge is 2.34. The number of hydrogen-bond donors (Lipinski definition) is 2. The summed E-state index contributed by atoms with van der Waals surface area (Å²) in [4.78, 5) is 2.61. The number of fused-ring (bicyclic) bond motifs is 1. The van der Waals surface area contributed by atoms with Gasteiger partial charge in [-0.05, 0) is 35.6 Å². The van der Waals surface area contributed by atoms with Crippen molar-refractivity contribution < 1.29 is 5.11 Å². The predicted octanol–water partition coefficient (Wildman–Crippen LogP) is 3.68. The lowest BCUT2D eigenvalue weighted by Crippen LogP contribution is -2.46. The van der Waals surface area contributed by atoms with Crippen molar-refractivity contribution in [3.63, 3.8) is 0 Å². The fourth-order valence-corrected chi connectivity index (χ4v) is 4.54. The second kappa shape index (κ2) is 6.50. The summed E-state index contributed by atoms with van der Waals surface area (Å²) in [5, 5.41) is 16.6. The van der Waals surface area contributed by atoms with Crippen molar-refractivity contribution in [3.05, 3.63) is 42.0 Å². The fraction of sp³-hybridized carbons (Fsp3) is 0.500. The molecule has 1 saturated heterocycles. The lowest BCUT2D eigenvalue weighted by atomic mass is 9.86. The maximum absolute atomic E-state index is 10.7. The van der Waals surface area contributed by atoms with Crippen LogP contribution in [0.5, 0.6) is 5.75 Å². The Morgan fingerprint density at radius 1 is 1.00 bits per heavy atom. The Kier molecular flexibility index (Phi) is 4.23. The molecule has 2 fully saturated rings. The van der Waals surface area contributed by atoms with Gasteiger partial charge in [0.1, 0.15) is 5.75 Å². The van der Waals surface area contributed by atoms with Crippen molar-refractivity contribution >= 4 is 10.8 Å². The molecule has 3 heteroatoms. The van der Waals surface area contributed by atoms with E-state index in [-0.39, 0.29) is 0 Å². The Morgan fingerprint density at radius 2 is 1.74 bits per heavy atom. The Bertz CT molecular complexity index is 672. The minimum atomic E-state index is 0.353. The van der Waals surface area contributed by atoms with Crippen LogP contribution in [0.3, 0.4) is 0 Å². The minimum Gasteiger partial charge on any atom is -0.508 e. The fourth-order valence-electron chi connectivity index (χ4n) is 4.54. The normalized spacial score (nSPS) is 21.7. The third-order valence-corrected chi connectivity index (χ3v) is 5.63. The van der Waals surface area contributed by atoms with E-state index < -0.39 is 0 Å².